The number of carbonyl (C=O) groups is 1. The van der Waals surface area contributed by atoms with Gasteiger partial charge in [0.25, 0.3) is 0 Å². The molecule has 94 valence electrons. The fourth-order valence-corrected chi connectivity index (χ4v) is 1.67. The van der Waals surface area contributed by atoms with Gasteiger partial charge in [-0.25, -0.2) is 14.3 Å². The number of hydrogen-bond donors (Lipinski definition) is 1. The summed E-state index contributed by atoms with van der Waals surface area (Å²) in [5.41, 5.74) is 0. The molecule has 0 bridgehead atoms. The molecule has 1 N–H and O–H groups in total. The maximum Gasteiger partial charge on any atom is 0.409 e. The van der Waals surface area contributed by atoms with Gasteiger partial charge in [0.2, 0.25) is 5.95 Å². The second kappa shape index (κ2) is 5.46. The Kier molecular flexibility index (Phi) is 3.73. The van der Waals surface area contributed by atoms with Crippen LogP contribution in [0, 0.1) is 0 Å². The number of aromatic amines is 1. The molecular formula is C9H14FN5O2. The highest BCUT2D eigenvalue weighted by atomic mass is 19.1. The Labute approximate surface area is 97.6 Å². The van der Waals surface area contributed by atoms with Crippen LogP contribution in [0.2, 0.25) is 0 Å². The fraction of sp³-hybridized carbons (Fsp3) is 0.667. The molecule has 0 radical (unpaired) electrons. The van der Waals surface area contributed by atoms with Gasteiger partial charge in [-0.3, -0.25) is 0 Å². The molecule has 1 aliphatic rings. The summed E-state index contributed by atoms with van der Waals surface area (Å²) in [4.78, 5) is 19.0. The SMILES string of the molecule is O=C(OCCF)N1CCN(c2ncn[nH]2)CC1. The van der Waals surface area contributed by atoms with Gasteiger partial charge in [-0.2, -0.15) is 10.1 Å². The number of nitrogens with zero attached hydrogens (tertiary/aromatic N) is 4. The van der Waals surface area contributed by atoms with Crippen LogP contribution in [-0.2, 0) is 4.74 Å². The summed E-state index contributed by atoms with van der Waals surface area (Å²) in [5, 5.41) is 6.53. The molecular weight excluding hydrogens is 229 g/mol. The van der Waals surface area contributed by atoms with Crippen LogP contribution in [0.25, 0.3) is 0 Å². The quantitative estimate of drug-likeness (QED) is 0.810. The molecule has 0 spiro atoms. The second-order valence-corrected chi connectivity index (χ2v) is 3.59. The van der Waals surface area contributed by atoms with Gasteiger partial charge in [-0.05, 0) is 0 Å². The molecule has 1 aliphatic heterocycles. The molecule has 2 heterocycles. The molecule has 7 nitrogen and oxygen atoms in total. The molecule has 1 aromatic heterocycles. The first-order valence-corrected chi connectivity index (χ1v) is 5.39. The van der Waals surface area contributed by atoms with Crippen LogP contribution in [0.4, 0.5) is 15.1 Å². The van der Waals surface area contributed by atoms with E-state index in [0.29, 0.717) is 32.1 Å². The van der Waals surface area contributed by atoms with Gasteiger partial charge in [0, 0.05) is 26.2 Å². The molecule has 1 fully saturated rings. The van der Waals surface area contributed by atoms with Gasteiger partial charge in [0.15, 0.2) is 0 Å². The summed E-state index contributed by atoms with van der Waals surface area (Å²) >= 11 is 0. The van der Waals surface area contributed by atoms with Crippen molar-refractivity contribution in [3.8, 4) is 0 Å². The number of alkyl halides is 1. The first kappa shape index (κ1) is 11.6. The van der Waals surface area contributed by atoms with E-state index in [1.165, 1.54) is 6.33 Å². The first-order chi connectivity index (χ1) is 8.31. The Bertz CT molecular complexity index is 350. The van der Waals surface area contributed by atoms with E-state index < -0.39 is 12.8 Å². The second-order valence-electron chi connectivity index (χ2n) is 3.59. The molecule has 1 saturated heterocycles. The maximum atomic E-state index is 11.8. The third-order valence-electron chi connectivity index (χ3n) is 2.54. The lowest BCUT2D eigenvalue weighted by Crippen LogP contribution is -2.49. The molecule has 0 atom stereocenters. The van der Waals surface area contributed by atoms with Gasteiger partial charge in [-0.15, -0.1) is 0 Å². The summed E-state index contributed by atoms with van der Waals surface area (Å²) < 4.78 is 16.6. The summed E-state index contributed by atoms with van der Waals surface area (Å²) in [7, 11) is 0. The van der Waals surface area contributed by atoms with Crippen LogP contribution < -0.4 is 4.90 Å². The van der Waals surface area contributed by atoms with Crippen molar-refractivity contribution in [1.29, 1.82) is 0 Å². The summed E-state index contributed by atoms with van der Waals surface area (Å²) in [6, 6.07) is 0. The zero-order valence-electron chi connectivity index (χ0n) is 9.30. The molecule has 1 amide bonds. The van der Waals surface area contributed by atoms with Crippen LogP contribution in [0.5, 0.6) is 0 Å². The van der Waals surface area contributed by atoms with Gasteiger partial charge in [-0.1, -0.05) is 0 Å². The summed E-state index contributed by atoms with van der Waals surface area (Å²) in [6.45, 7) is 1.54. The maximum absolute atomic E-state index is 11.8. The van der Waals surface area contributed by atoms with Crippen LogP contribution in [0.3, 0.4) is 0 Å². The molecule has 0 saturated carbocycles. The van der Waals surface area contributed by atoms with Crippen LogP contribution in [-0.4, -0.2) is 65.6 Å². The van der Waals surface area contributed by atoms with Gasteiger partial charge < -0.3 is 14.5 Å². The van der Waals surface area contributed by atoms with Gasteiger partial charge >= 0.3 is 6.09 Å². The molecule has 2 rings (SSSR count). The number of amides is 1. The third-order valence-corrected chi connectivity index (χ3v) is 2.54. The van der Waals surface area contributed by atoms with Crippen LogP contribution >= 0.6 is 0 Å². The van der Waals surface area contributed by atoms with Crippen molar-refractivity contribution in [2.75, 3.05) is 44.4 Å². The van der Waals surface area contributed by atoms with Gasteiger partial charge in [0.1, 0.15) is 19.6 Å². The average molecular weight is 243 g/mol. The van der Waals surface area contributed by atoms with E-state index in [1.807, 2.05) is 4.90 Å². The topological polar surface area (TPSA) is 74.3 Å². The zero-order chi connectivity index (χ0) is 12.1. The normalized spacial score (nSPS) is 16.1. The lowest BCUT2D eigenvalue weighted by atomic mass is 10.3. The standard InChI is InChI=1S/C9H14FN5O2/c10-1-6-17-9(16)15-4-2-14(3-5-15)8-11-7-12-13-8/h7H,1-6H2,(H,11,12,13). The summed E-state index contributed by atoms with van der Waals surface area (Å²) in [5.74, 6) is 0.696. The predicted octanol–water partition coefficient (Wildman–Crippen LogP) is 0.0328. The van der Waals surface area contributed by atoms with E-state index >= 15 is 0 Å². The first-order valence-electron chi connectivity index (χ1n) is 5.39. The number of aromatic nitrogens is 3. The smallest absolute Gasteiger partial charge is 0.409 e. The average Bonchev–Trinajstić information content (AvgIpc) is 2.90. The monoisotopic (exact) mass is 243 g/mol. The van der Waals surface area contributed by atoms with Crippen molar-refractivity contribution in [3.05, 3.63) is 6.33 Å². The fourth-order valence-electron chi connectivity index (χ4n) is 1.67. The Morgan fingerprint density at radius 1 is 1.47 bits per heavy atom. The molecule has 8 heteroatoms. The van der Waals surface area contributed by atoms with E-state index in [9.17, 15) is 9.18 Å². The number of hydrogen-bond acceptors (Lipinski definition) is 5. The Morgan fingerprint density at radius 2 is 2.24 bits per heavy atom. The number of rotatable bonds is 3. The van der Waals surface area contributed by atoms with Gasteiger partial charge in [0.05, 0.1) is 0 Å². The molecule has 1 aromatic rings. The van der Waals surface area contributed by atoms with E-state index in [0.717, 1.165) is 0 Å². The van der Waals surface area contributed by atoms with Crippen LogP contribution in [0.1, 0.15) is 0 Å². The minimum atomic E-state index is -0.649. The van der Waals surface area contributed by atoms with Crippen molar-refractivity contribution < 1.29 is 13.9 Å². The minimum Gasteiger partial charge on any atom is -0.447 e. The zero-order valence-corrected chi connectivity index (χ0v) is 9.30. The van der Waals surface area contributed by atoms with E-state index in [2.05, 4.69) is 15.2 Å². The van der Waals surface area contributed by atoms with E-state index in [-0.39, 0.29) is 6.61 Å². The van der Waals surface area contributed by atoms with Crippen molar-refractivity contribution in [3.63, 3.8) is 0 Å². The molecule has 0 aliphatic carbocycles. The van der Waals surface area contributed by atoms with E-state index in [1.54, 1.807) is 4.90 Å². The van der Waals surface area contributed by atoms with E-state index in [4.69, 9.17) is 4.74 Å². The number of halogens is 1. The highest BCUT2D eigenvalue weighted by Gasteiger charge is 2.23. The van der Waals surface area contributed by atoms with Crippen molar-refractivity contribution in [2.24, 2.45) is 0 Å². The number of carbonyl (C=O) groups excluding carboxylic acids is 1. The third kappa shape index (κ3) is 2.83. The minimum absolute atomic E-state index is 0.179. The largest absolute Gasteiger partial charge is 0.447 e. The highest BCUT2D eigenvalue weighted by molar-refractivity contribution is 5.68. The number of piperazine rings is 1. The van der Waals surface area contributed by atoms with Crippen molar-refractivity contribution >= 4 is 12.0 Å². The Hall–Kier alpha value is -1.86. The number of H-pyrrole nitrogens is 1. The number of nitrogens with one attached hydrogen (secondary N) is 1. The summed E-state index contributed by atoms with van der Waals surface area (Å²) in [6.07, 6.45) is 0.983. The molecule has 0 unspecified atom stereocenters. The highest BCUT2D eigenvalue weighted by Crippen LogP contribution is 2.09. The number of ether oxygens (including phenoxy) is 1. The van der Waals surface area contributed by atoms with Crippen molar-refractivity contribution in [1.82, 2.24) is 20.1 Å². The molecule has 17 heavy (non-hydrogen) atoms. The van der Waals surface area contributed by atoms with Crippen LogP contribution in [0.15, 0.2) is 6.33 Å². The lowest BCUT2D eigenvalue weighted by molar-refractivity contribution is 0.0942. The predicted molar refractivity (Wildman–Crippen MR) is 57.5 cm³/mol. The Balaban J connectivity index is 1.80. The van der Waals surface area contributed by atoms with Crippen molar-refractivity contribution in [2.45, 2.75) is 0 Å². The number of anilines is 1. The molecule has 0 aromatic carbocycles. The lowest BCUT2D eigenvalue weighted by Gasteiger charge is -2.33. The Morgan fingerprint density at radius 3 is 2.82 bits per heavy atom.